The maximum Gasteiger partial charge on any atom is 0.288 e. The summed E-state index contributed by atoms with van der Waals surface area (Å²) in [6.07, 6.45) is 0. The summed E-state index contributed by atoms with van der Waals surface area (Å²) in [7, 11) is 0. The first-order chi connectivity index (χ1) is 11.8. The van der Waals surface area contributed by atoms with Crippen LogP contribution in [0.1, 0.15) is 20.7 Å². The van der Waals surface area contributed by atoms with Gasteiger partial charge in [-0.2, -0.15) is 0 Å². The zero-order valence-electron chi connectivity index (χ0n) is 12.3. The molecule has 10 nitrogen and oxygen atoms in total. The Labute approximate surface area is 144 Å². The lowest BCUT2D eigenvalue weighted by Crippen LogP contribution is -2.41. The molecular formula is C14H9ClN4O6. The van der Waals surface area contributed by atoms with Crippen molar-refractivity contribution in [2.24, 2.45) is 0 Å². The second-order valence-corrected chi connectivity index (χ2v) is 5.05. The number of carbonyl (C=O) groups is 2. The molecule has 0 aliphatic carbocycles. The summed E-state index contributed by atoms with van der Waals surface area (Å²) >= 11 is 5.65. The smallest absolute Gasteiger partial charge is 0.267 e. The summed E-state index contributed by atoms with van der Waals surface area (Å²) in [6.45, 7) is 0. The van der Waals surface area contributed by atoms with E-state index in [-0.39, 0.29) is 21.8 Å². The highest BCUT2D eigenvalue weighted by atomic mass is 35.5. The Morgan fingerprint density at radius 2 is 1.48 bits per heavy atom. The highest BCUT2D eigenvalue weighted by Crippen LogP contribution is 2.24. The van der Waals surface area contributed by atoms with Gasteiger partial charge in [0, 0.05) is 29.3 Å². The highest BCUT2D eigenvalue weighted by Gasteiger charge is 2.17. The zero-order chi connectivity index (χ0) is 18.6. The van der Waals surface area contributed by atoms with Gasteiger partial charge in [0.25, 0.3) is 23.2 Å². The van der Waals surface area contributed by atoms with Crippen molar-refractivity contribution >= 4 is 34.8 Å². The second kappa shape index (κ2) is 7.36. The largest absolute Gasteiger partial charge is 0.288 e. The van der Waals surface area contributed by atoms with Gasteiger partial charge in [0.05, 0.1) is 9.85 Å². The SMILES string of the molecule is O=C(NNC(=O)c1ccc(Cl)c([N+](=O)[O-])c1)c1cccc([N+](=O)[O-])c1. The summed E-state index contributed by atoms with van der Waals surface area (Å²) in [5, 5.41) is 21.3. The number of rotatable bonds is 4. The summed E-state index contributed by atoms with van der Waals surface area (Å²) in [6, 6.07) is 8.26. The average Bonchev–Trinajstić information content (AvgIpc) is 2.59. The third-order valence-electron chi connectivity index (χ3n) is 3.01. The van der Waals surface area contributed by atoms with E-state index in [1.54, 1.807) is 0 Å². The summed E-state index contributed by atoms with van der Waals surface area (Å²) in [5.41, 5.74) is 3.23. The molecule has 0 bridgehead atoms. The number of carbonyl (C=O) groups excluding carboxylic acids is 2. The number of amides is 2. The lowest BCUT2D eigenvalue weighted by atomic mass is 10.2. The van der Waals surface area contributed by atoms with E-state index in [4.69, 9.17) is 11.6 Å². The van der Waals surface area contributed by atoms with E-state index in [9.17, 15) is 29.8 Å². The molecule has 0 unspecified atom stereocenters. The van der Waals surface area contributed by atoms with E-state index < -0.39 is 27.3 Å². The van der Waals surface area contributed by atoms with E-state index >= 15 is 0 Å². The van der Waals surface area contributed by atoms with Crippen LogP contribution in [0.15, 0.2) is 42.5 Å². The fourth-order valence-corrected chi connectivity index (χ4v) is 2.00. The van der Waals surface area contributed by atoms with Crippen molar-refractivity contribution < 1.29 is 19.4 Å². The lowest BCUT2D eigenvalue weighted by Gasteiger charge is -2.07. The van der Waals surface area contributed by atoms with Crippen LogP contribution in [0.2, 0.25) is 5.02 Å². The van der Waals surface area contributed by atoms with Gasteiger partial charge in [-0.15, -0.1) is 0 Å². The minimum absolute atomic E-state index is 0.0448. The van der Waals surface area contributed by atoms with Gasteiger partial charge in [-0.05, 0) is 18.2 Å². The molecule has 11 heteroatoms. The molecule has 0 fully saturated rings. The van der Waals surface area contributed by atoms with Gasteiger partial charge in [0.1, 0.15) is 5.02 Å². The van der Waals surface area contributed by atoms with Crippen LogP contribution in [0.4, 0.5) is 11.4 Å². The molecular weight excluding hydrogens is 356 g/mol. The lowest BCUT2D eigenvalue weighted by molar-refractivity contribution is -0.385. The molecule has 0 heterocycles. The van der Waals surface area contributed by atoms with Crippen molar-refractivity contribution in [3.8, 4) is 0 Å². The van der Waals surface area contributed by atoms with Crippen LogP contribution in [0.25, 0.3) is 0 Å². The Kier molecular flexibility index (Phi) is 5.25. The molecule has 2 aromatic rings. The normalized spacial score (nSPS) is 9.96. The monoisotopic (exact) mass is 364 g/mol. The topological polar surface area (TPSA) is 144 Å². The number of hydrogen-bond donors (Lipinski definition) is 2. The molecule has 128 valence electrons. The quantitative estimate of drug-likeness (QED) is 0.628. The van der Waals surface area contributed by atoms with Crippen LogP contribution in [0.3, 0.4) is 0 Å². The number of nitrogens with one attached hydrogen (secondary N) is 2. The maximum atomic E-state index is 11.9. The Morgan fingerprint density at radius 3 is 2.04 bits per heavy atom. The van der Waals surface area contributed by atoms with Crippen LogP contribution >= 0.6 is 11.6 Å². The summed E-state index contributed by atoms with van der Waals surface area (Å²) in [4.78, 5) is 43.9. The minimum atomic E-state index is -0.821. The van der Waals surface area contributed by atoms with Crippen molar-refractivity contribution in [3.63, 3.8) is 0 Å². The minimum Gasteiger partial charge on any atom is -0.267 e. The number of hydrazine groups is 1. The van der Waals surface area contributed by atoms with Crippen molar-refractivity contribution in [3.05, 3.63) is 78.8 Å². The number of benzene rings is 2. The maximum absolute atomic E-state index is 11.9. The Hall–Kier alpha value is -3.53. The first-order valence-corrected chi connectivity index (χ1v) is 6.96. The van der Waals surface area contributed by atoms with Crippen LogP contribution in [-0.4, -0.2) is 21.7 Å². The van der Waals surface area contributed by atoms with Crippen LogP contribution in [0, 0.1) is 20.2 Å². The van der Waals surface area contributed by atoms with E-state index in [1.165, 1.54) is 30.3 Å². The van der Waals surface area contributed by atoms with Gasteiger partial charge in [0.15, 0.2) is 0 Å². The predicted octanol–water partition coefficient (Wildman–Crippen LogP) is 2.23. The molecule has 0 aliphatic rings. The van der Waals surface area contributed by atoms with Gasteiger partial charge < -0.3 is 0 Å². The number of nitro groups is 2. The van der Waals surface area contributed by atoms with E-state index in [0.717, 1.165) is 12.1 Å². The number of hydrogen-bond acceptors (Lipinski definition) is 6. The van der Waals surface area contributed by atoms with E-state index in [0.29, 0.717) is 0 Å². The van der Waals surface area contributed by atoms with Crippen molar-refractivity contribution in [2.75, 3.05) is 0 Å². The first kappa shape index (κ1) is 17.8. The fraction of sp³-hybridized carbons (Fsp3) is 0. The van der Waals surface area contributed by atoms with E-state index in [1.807, 2.05) is 0 Å². The standard InChI is InChI=1S/C14H9ClN4O6/c15-11-5-4-9(7-12(11)19(24)25)14(21)17-16-13(20)8-2-1-3-10(6-8)18(22)23/h1-7H,(H,16,20)(H,17,21). The van der Waals surface area contributed by atoms with Gasteiger partial charge in [-0.25, -0.2) is 0 Å². The number of non-ortho nitro benzene ring substituents is 1. The predicted molar refractivity (Wildman–Crippen MR) is 86.1 cm³/mol. The molecule has 2 rings (SSSR count). The van der Waals surface area contributed by atoms with Gasteiger partial charge in [0.2, 0.25) is 0 Å². The van der Waals surface area contributed by atoms with Crippen LogP contribution < -0.4 is 10.9 Å². The first-order valence-electron chi connectivity index (χ1n) is 6.58. The molecule has 25 heavy (non-hydrogen) atoms. The van der Waals surface area contributed by atoms with Crippen molar-refractivity contribution in [1.82, 2.24) is 10.9 Å². The van der Waals surface area contributed by atoms with Gasteiger partial charge in [-0.3, -0.25) is 40.7 Å². The fourth-order valence-electron chi connectivity index (χ4n) is 1.81. The Bertz CT molecular complexity index is 885. The van der Waals surface area contributed by atoms with Gasteiger partial charge >= 0.3 is 0 Å². The van der Waals surface area contributed by atoms with Crippen LogP contribution in [-0.2, 0) is 0 Å². The Balaban J connectivity index is 2.08. The van der Waals surface area contributed by atoms with E-state index in [2.05, 4.69) is 10.9 Å². The molecule has 0 atom stereocenters. The highest BCUT2D eigenvalue weighted by molar-refractivity contribution is 6.32. The summed E-state index contributed by atoms with van der Waals surface area (Å²) in [5.74, 6) is -1.61. The molecule has 2 amide bonds. The summed E-state index contributed by atoms with van der Waals surface area (Å²) < 4.78 is 0. The van der Waals surface area contributed by atoms with Crippen LogP contribution in [0.5, 0.6) is 0 Å². The molecule has 0 saturated heterocycles. The number of halogens is 1. The van der Waals surface area contributed by atoms with Crippen molar-refractivity contribution in [1.29, 1.82) is 0 Å². The molecule has 0 saturated carbocycles. The van der Waals surface area contributed by atoms with Gasteiger partial charge in [-0.1, -0.05) is 17.7 Å². The molecule has 0 aliphatic heterocycles. The number of nitrogens with zero attached hydrogens (tertiary/aromatic N) is 2. The number of nitro benzene ring substituents is 2. The zero-order valence-corrected chi connectivity index (χ0v) is 13.0. The molecule has 0 spiro atoms. The molecule has 2 aromatic carbocycles. The Morgan fingerprint density at radius 1 is 0.880 bits per heavy atom. The molecule has 0 radical (unpaired) electrons. The molecule has 2 N–H and O–H groups in total. The second-order valence-electron chi connectivity index (χ2n) is 4.64. The third kappa shape index (κ3) is 4.26. The third-order valence-corrected chi connectivity index (χ3v) is 3.33. The van der Waals surface area contributed by atoms with Crippen molar-refractivity contribution in [2.45, 2.75) is 0 Å². The molecule has 0 aromatic heterocycles. The average molecular weight is 365 g/mol.